The lowest BCUT2D eigenvalue weighted by Crippen LogP contribution is -2.54. The maximum atomic E-state index is 9.36. The van der Waals surface area contributed by atoms with Gasteiger partial charge in [-0.05, 0) is 44.7 Å². The molecular formula is C12H19NO2. The Bertz CT molecular complexity index is 323. The molecule has 1 unspecified atom stereocenters. The van der Waals surface area contributed by atoms with Crippen LogP contribution in [0.4, 0.5) is 0 Å². The predicted molar refractivity (Wildman–Crippen MR) is 58.7 cm³/mol. The van der Waals surface area contributed by atoms with Crippen molar-refractivity contribution in [1.29, 1.82) is 0 Å². The molecule has 1 saturated carbocycles. The third kappa shape index (κ3) is 1.94. The number of aliphatic hydroxyl groups is 1. The Morgan fingerprint density at radius 1 is 1.60 bits per heavy atom. The maximum Gasteiger partial charge on any atom is 0.123 e. The molecule has 1 fully saturated rings. The van der Waals surface area contributed by atoms with Crippen LogP contribution < -0.4 is 5.32 Å². The van der Waals surface area contributed by atoms with Crippen molar-refractivity contribution in [3.8, 4) is 0 Å². The number of furan rings is 1. The zero-order chi connectivity index (χ0) is 10.9. The highest BCUT2D eigenvalue weighted by atomic mass is 16.3. The van der Waals surface area contributed by atoms with Gasteiger partial charge in [0.15, 0.2) is 0 Å². The second-order valence-corrected chi connectivity index (χ2v) is 4.63. The van der Waals surface area contributed by atoms with E-state index in [9.17, 15) is 5.11 Å². The lowest BCUT2D eigenvalue weighted by Gasteiger charge is -2.43. The number of rotatable bonds is 4. The molecule has 1 atom stereocenters. The van der Waals surface area contributed by atoms with Gasteiger partial charge in [0.05, 0.1) is 18.9 Å². The van der Waals surface area contributed by atoms with E-state index in [1.165, 1.54) is 12.0 Å². The summed E-state index contributed by atoms with van der Waals surface area (Å²) in [6.07, 6.45) is 5.05. The van der Waals surface area contributed by atoms with Crippen molar-refractivity contribution in [3.05, 3.63) is 23.7 Å². The molecule has 0 radical (unpaired) electrons. The van der Waals surface area contributed by atoms with E-state index in [4.69, 9.17) is 4.42 Å². The third-order valence-electron chi connectivity index (χ3n) is 3.43. The largest absolute Gasteiger partial charge is 0.467 e. The summed E-state index contributed by atoms with van der Waals surface area (Å²) in [5, 5.41) is 12.8. The van der Waals surface area contributed by atoms with E-state index in [0.29, 0.717) is 0 Å². The highest BCUT2D eigenvalue weighted by molar-refractivity contribution is 5.18. The summed E-state index contributed by atoms with van der Waals surface area (Å²) in [5.74, 6) is 0.981. The lowest BCUT2D eigenvalue weighted by molar-refractivity contribution is 0.0757. The minimum atomic E-state index is -0.0569. The van der Waals surface area contributed by atoms with Gasteiger partial charge in [0.1, 0.15) is 5.76 Å². The second kappa shape index (κ2) is 3.99. The van der Waals surface area contributed by atoms with Gasteiger partial charge in [-0.15, -0.1) is 0 Å². The molecule has 0 amide bonds. The van der Waals surface area contributed by atoms with E-state index in [1.807, 2.05) is 13.0 Å². The number of nitrogens with one attached hydrogen (secondary N) is 1. The predicted octanol–water partition coefficient (Wildman–Crippen LogP) is 2.15. The lowest BCUT2D eigenvalue weighted by atomic mass is 9.77. The van der Waals surface area contributed by atoms with Crippen LogP contribution in [0.5, 0.6) is 0 Å². The van der Waals surface area contributed by atoms with Crippen molar-refractivity contribution >= 4 is 0 Å². The summed E-state index contributed by atoms with van der Waals surface area (Å²) in [7, 11) is 0. The average Bonchev–Trinajstić information content (AvgIpc) is 2.58. The molecule has 84 valence electrons. The fourth-order valence-electron chi connectivity index (χ4n) is 2.30. The first-order chi connectivity index (χ1) is 7.17. The van der Waals surface area contributed by atoms with Gasteiger partial charge in [0.2, 0.25) is 0 Å². The first-order valence-corrected chi connectivity index (χ1v) is 5.59. The molecule has 0 bridgehead atoms. The first-order valence-electron chi connectivity index (χ1n) is 5.59. The van der Waals surface area contributed by atoms with Crippen LogP contribution in [0.2, 0.25) is 0 Å². The number of aliphatic hydroxyl groups excluding tert-OH is 1. The van der Waals surface area contributed by atoms with Gasteiger partial charge in [-0.2, -0.15) is 0 Å². The van der Waals surface area contributed by atoms with Crippen LogP contribution in [0.15, 0.2) is 16.7 Å². The minimum absolute atomic E-state index is 0.0569. The van der Waals surface area contributed by atoms with Crippen LogP contribution in [0.3, 0.4) is 0 Å². The smallest absolute Gasteiger partial charge is 0.123 e. The highest BCUT2D eigenvalue weighted by Gasteiger charge is 2.37. The molecule has 0 saturated heterocycles. The van der Waals surface area contributed by atoms with Crippen molar-refractivity contribution in [2.24, 2.45) is 0 Å². The Morgan fingerprint density at radius 3 is 2.73 bits per heavy atom. The SMILES string of the molecule is Cc1ccoc1C(C)NC1(CO)CCC1. The van der Waals surface area contributed by atoms with Gasteiger partial charge >= 0.3 is 0 Å². The summed E-state index contributed by atoms with van der Waals surface area (Å²) < 4.78 is 5.44. The molecule has 1 aromatic heterocycles. The van der Waals surface area contributed by atoms with E-state index >= 15 is 0 Å². The fourth-order valence-corrected chi connectivity index (χ4v) is 2.30. The molecule has 3 heteroatoms. The molecule has 1 aromatic rings. The van der Waals surface area contributed by atoms with E-state index in [1.54, 1.807) is 6.26 Å². The molecular weight excluding hydrogens is 190 g/mol. The third-order valence-corrected chi connectivity index (χ3v) is 3.43. The Balaban J connectivity index is 2.03. The summed E-state index contributed by atoms with van der Waals surface area (Å²) in [4.78, 5) is 0. The Kier molecular flexibility index (Phi) is 2.85. The van der Waals surface area contributed by atoms with Gasteiger partial charge < -0.3 is 9.52 Å². The monoisotopic (exact) mass is 209 g/mol. The highest BCUT2D eigenvalue weighted by Crippen LogP contribution is 2.34. The van der Waals surface area contributed by atoms with E-state index < -0.39 is 0 Å². The molecule has 1 heterocycles. The summed E-state index contributed by atoms with van der Waals surface area (Å²) in [5.41, 5.74) is 1.11. The van der Waals surface area contributed by atoms with Crippen molar-refractivity contribution in [2.45, 2.75) is 44.7 Å². The minimum Gasteiger partial charge on any atom is -0.467 e. The Labute approximate surface area is 90.5 Å². The molecule has 2 rings (SSSR count). The molecule has 0 spiro atoms. The number of aryl methyl sites for hydroxylation is 1. The quantitative estimate of drug-likeness (QED) is 0.798. The molecule has 15 heavy (non-hydrogen) atoms. The normalized spacial score (nSPS) is 21.0. The maximum absolute atomic E-state index is 9.36. The van der Waals surface area contributed by atoms with Gasteiger partial charge in [-0.25, -0.2) is 0 Å². The van der Waals surface area contributed by atoms with Crippen molar-refractivity contribution in [3.63, 3.8) is 0 Å². The van der Waals surface area contributed by atoms with Gasteiger partial charge in [0.25, 0.3) is 0 Å². The van der Waals surface area contributed by atoms with Crippen LogP contribution in [0, 0.1) is 6.92 Å². The van der Waals surface area contributed by atoms with Gasteiger partial charge in [-0.1, -0.05) is 0 Å². The molecule has 1 aliphatic rings. The van der Waals surface area contributed by atoms with E-state index in [0.717, 1.165) is 18.6 Å². The van der Waals surface area contributed by atoms with Gasteiger partial charge in [0, 0.05) is 5.54 Å². The van der Waals surface area contributed by atoms with E-state index in [-0.39, 0.29) is 18.2 Å². The first kappa shape index (κ1) is 10.7. The molecule has 1 aliphatic carbocycles. The van der Waals surface area contributed by atoms with Crippen LogP contribution in [-0.4, -0.2) is 17.3 Å². The Morgan fingerprint density at radius 2 is 2.33 bits per heavy atom. The zero-order valence-electron chi connectivity index (χ0n) is 9.42. The number of hydrogen-bond donors (Lipinski definition) is 2. The Hall–Kier alpha value is -0.800. The summed E-state index contributed by atoms with van der Waals surface area (Å²) >= 11 is 0. The molecule has 2 N–H and O–H groups in total. The summed E-state index contributed by atoms with van der Waals surface area (Å²) in [6, 6.07) is 2.15. The number of hydrogen-bond acceptors (Lipinski definition) is 3. The molecule has 3 nitrogen and oxygen atoms in total. The molecule has 0 aliphatic heterocycles. The van der Waals surface area contributed by atoms with Crippen LogP contribution in [0.1, 0.15) is 43.6 Å². The van der Waals surface area contributed by atoms with Crippen LogP contribution in [0.25, 0.3) is 0 Å². The van der Waals surface area contributed by atoms with Crippen molar-refractivity contribution in [1.82, 2.24) is 5.32 Å². The van der Waals surface area contributed by atoms with Crippen molar-refractivity contribution in [2.75, 3.05) is 6.61 Å². The van der Waals surface area contributed by atoms with Gasteiger partial charge in [-0.3, -0.25) is 5.32 Å². The zero-order valence-corrected chi connectivity index (χ0v) is 9.42. The summed E-state index contributed by atoms with van der Waals surface area (Å²) in [6.45, 7) is 4.35. The average molecular weight is 209 g/mol. The van der Waals surface area contributed by atoms with Crippen molar-refractivity contribution < 1.29 is 9.52 Å². The topological polar surface area (TPSA) is 45.4 Å². The standard InChI is InChI=1S/C12H19NO2/c1-9-4-7-15-11(9)10(2)13-12(8-14)5-3-6-12/h4,7,10,13-14H,3,5-6,8H2,1-2H3. The van der Waals surface area contributed by atoms with Crippen LogP contribution in [-0.2, 0) is 0 Å². The fraction of sp³-hybridized carbons (Fsp3) is 0.667. The van der Waals surface area contributed by atoms with E-state index in [2.05, 4.69) is 12.2 Å². The second-order valence-electron chi connectivity index (χ2n) is 4.63. The molecule has 0 aromatic carbocycles. The van der Waals surface area contributed by atoms with Crippen LogP contribution >= 0.6 is 0 Å².